The van der Waals surface area contributed by atoms with Crippen LogP contribution in [0.15, 0.2) is 24.6 Å². The SMILES string of the molecule is C=CCC(C)N(/C=C(\NC)C(F)(F)F)COCC[Si](C)(C)C. The molecule has 0 radical (unpaired) electrons. The standard InChI is InChI=1S/C15H29F3N2OSi/c1-7-8-13(2)20(11-14(19-3)15(16,17)18)12-21-9-10-22(4,5)6/h7,11,13,19H,1,8-10,12H2,2-6H3/b14-11-. The maximum Gasteiger partial charge on any atom is 0.432 e. The van der Waals surface area contributed by atoms with E-state index in [9.17, 15) is 13.2 Å². The molecule has 0 rings (SSSR count). The van der Waals surface area contributed by atoms with E-state index in [1.54, 1.807) is 11.0 Å². The van der Waals surface area contributed by atoms with Gasteiger partial charge in [0.25, 0.3) is 0 Å². The zero-order chi connectivity index (χ0) is 17.4. The Morgan fingerprint density at radius 3 is 2.36 bits per heavy atom. The van der Waals surface area contributed by atoms with E-state index in [0.717, 1.165) is 12.2 Å². The second kappa shape index (κ2) is 9.25. The van der Waals surface area contributed by atoms with Crippen LogP contribution in [0.3, 0.4) is 0 Å². The molecule has 0 spiro atoms. The summed E-state index contributed by atoms with van der Waals surface area (Å²) in [6.07, 6.45) is -1.04. The number of allylic oxidation sites excluding steroid dienone is 1. The topological polar surface area (TPSA) is 24.5 Å². The normalized spacial score (nSPS) is 14.6. The lowest BCUT2D eigenvalue weighted by Gasteiger charge is -2.29. The van der Waals surface area contributed by atoms with Gasteiger partial charge in [-0.2, -0.15) is 13.2 Å². The molecule has 1 unspecified atom stereocenters. The Morgan fingerprint density at radius 2 is 1.95 bits per heavy atom. The molecule has 0 bridgehead atoms. The summed E-state index contributed by atoms with van der Waals surface area (Å²) in [6.45, 7) is 12.9. The fraction of sp³-hybridized carbons (Fsp3) is 0.733. The largest absolute Gasteiger partial charge is 0.432 e. The van der Waals surface area contributed by atoms with Gasteiger partial charge in [0.15, 0.2) is 0 Å². The van der Waals surface area contributed by atoms with Gasteiger partial charge in [0.1, 0.15) is 12.4 Å². The zero-order valence-corrected chi connectivity index (χ0v) is 15.3. The van der Waals surface area contributed by atoms with Crippen LogP contribution < -0.4 is 5.32 Å². The van der Waals surface area contributed by atoms with E-state index in [-0.39, 0.29) is 12.8 Å². The summed E-state index contributed by atoms with van der Waals surface area (Å²) in [5.41, 5.74) is -0.780. The van der Waals surface area contributed by atoms with Crippen LogP contribution in [0.25, 0.3) is 0 Å². The van der Waals surface area contributed by atoms with Crippen molar-refractivity contribution >= 4 is 8.07 Å². The molecule has 3 nitrogen and oxygen atoms in total. The molecule has 0 aliphatic rings. The third kappa shape index (κ3) is 9.14. The van der Waals surface area contributed by atoms with Crippen LogP contribution in [-0.4, -0.2) is 45.6 Å². The Kier molecular flexibility index (Phi) is 8.84. The van der Waals surface area contributed by atoms with E-state index < -0.39 is 19.9 Å². The smallest absolute Gasteiger partial charge is 0.383 e. The van der Waals surface area contributed by atoms with Gasteiger partial charge < -0.3 is 15.0 Å². The van der Waals surface area contributed by atoms with Crippen LogP contribution >= 0.6 is 0 Å². The first-order chi connectivity index (χ1) is 10.0. The molecule has 130 valence electrons. The van der Waals surface area contributed by atoms with Gasteiger partial charge in [-0.1, -0.05) is 25.7 Å². The highest BCUT2D eigenvalue weighted by atomic mass is 28.3. The maximum absolute atomic E-state index is 12.9. The Balaban J connectivity index is 4.83. The van der Waals surface area contributed by atoms with E-state index in [2.05, 4.69) is 31.5 Å². The first kappa shape index (κ1) is 21.0. The molecule has 7 heteroatoms. The number of nitrogens with one attached hydrogen (secondary N) is 1. The number of alkyl halides is 3. The zero-order valence-electron chi connectivity index (χ0n) is 14.3. The van der Waals surface area contributed by atoms with Crippen molar-refractivity contribution < 1.29 is 17.9 Å². The quantitative estimate of drug-likeness (QED) is 0.280. The van der Waals surface area contributed by atoms with Crippen LogP contribution in [0, 0.1) is 0 Å². The average molecular weight is 338 g/mol. The molecule has 1 N–H and O–H groups in total. The van der Waals surface area contributed by atoms with Crippen molar-refractivity contribution in [1.29, 1.82) is 0 Å². The fourth-order valence-corrected chi connectivity index (χ4v) is 2.42. The lowest BCUT2D eigenvalue weighted by Crippen LogP contribution is -2.34. The molecule has 0 amide bonds. The number of nitrogens with zero attached hydrogens (tertiary/aromatic N) is 1. The molecule has 0 aliphatic carbocycles. The van der Waals surface area contributed by atoms with Gasteiger partial charge in [0.05, 0.1) is 0 Å². The monoisotopic (exact) mass is 338 g/mol. The first-order valence-corrected chi connectivity index (χ1v) is 11.1. The summed E-state index contributed by atoms with van der Waals surface area (Å²) in [4.78, 5) is 1.56. The van der Waals surface area contributed by atoms with Crippen molar-refractivity contribution in [2.75, 3.05) is 20.4 Å². The van der Waals surface area contributed by atoms with Crippen molar-refractivity contribution in [2.24, 2.45) is 0 Å². The van der Waals surface area contributed by atoms with Gasteiger partial charge in [-0.15, -0.1) is 6.58 Å². The second-order valence-corrected chi connectivity index (χ2v) is 12.1. The minimum absolute atomic E-state index is 0.116. The van der Waals surface area contributed by atoms with Crippen molar-refractivity contribution in [3.63, 3.8) is 0 Å². The molecule has 0 saturated heterocycles. The van der Waals surface area contributed by atoms with Gasteiger partial charge >= 0.3 is 6.18 Å². The second-order valence-electron chi connectivity index (χ2n) is 6.53. The molecule has 0 saturated carbocycles. The third-order valence-electron chi connectivity index (χ3n) is 3.18. The van der Waals surface area contributed by atoms with E-state index in [0.29, 0.717) is 13.0 Å². The number of hydrogen-bond acceptors (Lipinski definition) is 3. The van der Waals surface area contributed by atoms with Crippen LogP contribution in [0.5, 0.6) is 0 Å². The molecule has 0 aliphatic heterocycles. The summed E-state index contributed by atoms with van der Waals surface area (Å²) >= 11 is 0. The summed E-state index contributed by atoms with van der Waals surface area (Å²) < 4.78 is 44.2. The van der Waals surface area contributed by atoms with Crippen molar-refractivity contribution in [2.45, 2.75) is 51.2 Å². The van der Waals surface area contributed by atoms with Crippen LogP contribution in [0.4, 0.5) is 13.2 Å². The molecular weight excluding hydrogens is 309 g/mol. The Hall–Kier alpha value is -0.953. The Bertz CT molecular complexity index is 365. The summed E-state index contributed by atoms with van der Waals surface area (Å²) in [7, 11) is 0.0577. The average Bonchev–Trinajstić information content (AvgIpc) is 2.35. The first-order valence-electron chi connectivity index (χ1n) is 7.42. The van der Waals surface area contributed by atoms with Gasteiger partial charge in [-0.25, -0.2) is 0 Å². The lowest BCUT2D eigenvalue weighted by molar-refractivity contribution is -0.0981. The highest BCUT2D eigenvalue weighted by molar-refractivity contribution is 6.76. The predicted molar refractivity (Wildman–Crippen MR) is 88.3 cm³/mol. The van der Waals surface area contributed by atoms with E-state index in [1.807, 2.05) is 6.92 Å². The maximum atomic E-state index is 12.9. The number of rotatable bonds is 10. The number of ether oxygens (including phenoxy) is 1. The molecule has 1 atom stereocenters. The fourth-order valence-electron chi connectivity index (χ4n) is 1.66. The molecule has 0 heterocycles. The molecular formula is C15H29F3N2OSi. The van der Waals surface area contributed by atoms with Gasteiger partial charge in [0.2, 0.25) is 0 Å². The van der Waals surface area contributed by atoms with E-state index in [1.165, 1.54) is 7.05 Å². The molecule has 0 aromatic carbocycles. The summed E-state index contributed by atoms with van der Waals surface area (Å²) in [6, 6.07) is 0.869. The Labute approximate surface area is 133 Å². The third-order valence-corrected chi connectivity index (χ3v) is 4.88. The minimum Gasteiger partial charge on any atom is -0.383 e. The predicted octanol–water partition coefficient (Wildman–Crippen LogP) is 4.19. The highest BCUT2D eigenvalue weighted by Crippen LogP contribution is 2.24. The van der Waals surface area contributed by atoms with Crippen LogP contribution in [0.2, 0.25) is 25.7 Å². The highest BCUT2D eigenvalue weighted by Gasteiger charge is 2.34. The summed E-state index contributed by atoms with van der Waals surface area (Å²) in [5, 5.41) is 2.20. The number of hydrogen-bond donors (Lipinski definition) is 1. The number of halogens is 3. The minimum atomic E-state index is -4.40. The van der Waals surface area contributed by atoms with E-state index in [4.69, 9.17) is 4.74 Å². The summed E-state index contributed by atoms with van der Waals surface area (Å²) in [5.74, 6) is 0. The van der Waals surface area contributed by atoms with Crippen LogP contribution in [-0.2, 0) is 4.74 Å². The molecule has 0 fully saturated rings. The van der Waals surface area contributed by atoms with E-state index >= 15 is 0 Å². The molecule has 22 heavy (non-hydrogen) atoms. The Morgan fingerprint density at radius 1 is 1.36 bits per heavy atom. The van der Waals surface area contributed by atoms with Gasteiger partial charge in [-0.3, -0.25) is 0 Å². The van der Waals surface area contributed by atoms with Crippen molar-refractivity contribution in [3.8, 4) is 0 Å². The van der Waals surface area contributed by atoms with Gasteiger partial charge in [-0.05, 0) is 19.4 Å². The van der Waals surface area contributed by atoms with Crippen LogP contribution in [0.1, 0.15) is 13.3 Å². The lowest BCUT2D eigenvalue weighted by atomic mass is 10.2. The van der Waals surface area contributed by atoms with Crippen molar-refractivity contribution in [3.05, 3.63) is 24.6 Å². The van der Waals surface area contributed by atoms with Crippen molar-refractivity contribution in [1.82, 2.24) is 10.2 Å². The molecule has 0 aromatic rings. The molecule has 0 aromatic heterocycles. The van der Waals surface area contributed by atoms with Gasteiger partial charge in [0, 0.05) is 34.0 Å².